The van der Waals surface area contributed by atoms with Crippen LogP contribution in [0.15, 0.2) is 30.3 Å². The number of rotatable bonds is 6. The van der Waals surface area contributed by atoms with Gasteiger partial charge in [0.2, 0.25) is 0 Å². The van der Waals surface area contributed by atoms with Gasteiger partial charge in [-0.05, 0) is 12.6 Å². The van der Waals surface area contributed by atoms with Crippen molar-refractivity contribution in [1.82, 2.24) is 10.6 Å². The van der Waals surface area contributed by atoms with Crippen molar-refractivity contribution in [3.8, 4) is 0 Å². The molecule has 0 saturated heterocycles. The van der Waals surface area contributed by atoms with Crippen LogP contribution in [-0.2, 0) is 20.9 Å². The van der Waals surface area contributed by atoms with Gasteiger partial charge < -0.3 is 20.1 Å². The first-order valence-electron chi connectivity index (χ1n) is 5.87. The van der Waals surface area contributed by atoms with Crippen molar-refractivity contribution < 1.29 is 19.1 Å². The summed E-state index contributed by atoms with van der Waals surface area (Å²) in [5, 5.41) is 5.23. The van der Waals surface area contributed by atoms with Crippen LogP contribution in [0.3, 0.4) is 0 Å². The van der Waals surface area contributed by atoms with Crippen LogP contribution in [0.4, 0.5) is 4.79 Å². The average Bonchev–Trinajstić information content (AvgIpc) is 2.45. The number of methoxy groups -OCH3 is 1. The van der Waals surface area contributed by atoms with Crippen LogP contribution in [0.1, 0.15) is 5.56 Å². The maximum Gasteiger partial charge on any atom is 0.408 e. The monoisotopic (exact) mass is 266 g/mol. The van der Waals surface area contributed by atoms with E-state index in [1.54, 1.807) is 7.05 Å². The summed E-state index contributed by atoms with van der Waals surface area (Å²) in [6.07, 6.45) is -0.658. The van der Waals surface area contributed by atoms with E-state index in [1.807, 2.05) is 30.3 Å². The zero-order chi connectivity index (χ0) is 14.1. The largest absolute Gasteiger partial charge is 0.467 e. The molecule has 1 atom stereocenters. The summed E-state index contributed by atoms with van der Waals surface area (Å²) >= 11 is 0. The van der Waals surface area contributed by atoms with E-state index < -0.39 is 18.1 Å². The zero-order valence-corrected chi connectivity index (χ0v) is 11.0. The summed E-state index contributed by atoms with van der Waals surface area (Å²) in [5.74, 6) is -0.522. The van der Waals surface area contributed by atoms with Gasteiger partial charge in [0.05, 0.1) is 7.11 Å². The van der Waals surface area contributed by atoms with E-state index in [0.29, 0.717) is 0 Å². The van der Waals surface area contributed by atoms with Crippen molar-refractivity contribution in [3.05, 3.63) is 35.9 Å². The third-order valence-electron chi connectivity index (χ3n) is 2.40. The van der Waals surface area contributed by atoms with Crippen LogP contribution in [0.25, 0.3) is 0 Å². The summed E-state index contributed by atoms with van der Waals surface area (Å²) in [6, 6.07) is 8.52. The van der Waals surface area contributed by atoms with E-state index in [-0.39, 0.29) is 13.2 Å². The molecular weight excluding hydrogens is 248 g/mol. The second kappa shape index (κ2) is 8.10. The predicted octanol–water partition coefficient (Wildman–Crippen LogP) is 0.674. The first-order valence-corrected chi connectivity index (χ1v) is 5.87. The quantitative estimate of drug-likeness (QED) is 0.740. The van der Waals surface area contributed by atoms with Crippen LogP contribution in [0.2, 0.25) is 0 Å². The Kier molecular flexibility index (Phi) is 6.38. The predicted molar refractivity (Wildman–Crippen MR) is 69.5 cm³/mol. The van der Waals surface area contributed by atoms with Crippen molar-refractivity contribution in [3.63, 3.8) is 0 Å². The zero-order valence-electron chi connectivity index (χ0n) is 11.0. The molecule has 0 aromatic heterocycles. The summed E-state index contributed by atoms with van der Waals surface area (Å²) in [5.41, 5.74) is 0.876. The third kappa shape index (κ3) is 5.39. The van der Waals surface area contributed by atoms with Crippen LogP contribution >= 0.6 is 0 Å². The van der Waals surface area contributed by atoms with Gasteiger partial charge in [0.1, 0.15) is 12.6 Å². The number of ether oxygens (including phenoxy) is 2. The summed E-state index contributed by atoms with van der Waals surface area (Å²) in [6.45, 7) is 0.424. The highest BCUT2D eigenvalue weighted by Crippen LogP contribution is 2.00. The van der Waals surface area contributed by atoms with Crippen molar-refractivity contribution in [2.24, 2.45) is 0 Å². The molecule has 19 heavy (non-hydrogen) atoms. The Bertz CT molecular complexity index is 408. The maximum atomic E-state index is 11.6. The number of carbonyl (C=O) groups is 2. The van der Waals surface area contributed by atoms with Gasteiger partial charge in [0.15, 0.2) is 0 Å². The molecule has 1 aromatic carbocycles. The van der Waals surface area contributed by atoms with E-state index in [2.05, 4.69) is 15.4 Å². The van der Waals surface area contributed by atoms with Gasteiger partial charge in [-0.3, -0.25) is 0 Å². The Labute approximate surface area is 112 Å². The second-order valence-electron chi connectivity index (χ2n) is 3.84. The number of carbonyl (C=O) groups excluding carboxylic acids is 2. The molecule has 0 radical (unpaired) electrons. The fraction of sp³-hybridized carbons (Fsp3) is 0.385. The fourth-order valence-corrected chi connectivity index (χ4v) is 1.45. The Morgan fingerprint density at radius 1 is 1.26 bits per heavy atom. The molecule has 0 saturated carbocycles. The summed E-state index contributed by atoms with van der Waals surface area (Å²) < 4.78 is 9.59. The van der Waals surface area contributed by atoms with E-state index in [4.69, 9.17) is 4.74 Å². The van der Waals surface area contributed by atoms with Crippen molar-refractivity contribution >= 4 is 12.1 Å². The molecule has 0 aliphatic rings. The minimum absolute atomic E-state index is 0.153. The number of hydrogen-bond donors (Lipinski definition) is 2. The minimum Gasteiger partial charge on any atom is -0.467 e. The lowest BCUT2D eigenvalue weighted by molar-refractivity contribution is -0.142. The number of esters is 1. The average molecular weight is 266 g/mol. The van der Waals surface area contributed by atoms with Gasteiger partial charge in [0.25, 0.3) is 0 Å². The number of hydrogen-bond acceptors (Lipinski definition) is 5. The lowest BCUT2D eigenvalue weighted by atomic mass is 10.2. The van der Waals surface area contributed by atoms with Gasteiger partial charge in [-0.25, -0.2) is 9.59 Å². The van der Waals surface area contributed by atoms with Gasteiger partial charge in [-0.2, -0.15) is 0 Å². The highest BCUT2D eigenvalue weighted by molar-refractivity contribution is 5.81. The number of alkyl carbamates (subject to hydrolysis) is 1. The van der Waals surface area contributed by atoms with E-state index in [1.165, 1.54) is 7.11 Å². The molecular formula is C13H18N2O4. The van der Waals surface area contributed by atoms with Crippen LogP contribution < -0.4 is 10.6 Å². The van der Waals surface area contributed by atoms with Gasteiger partial charge in [-0.1, -0.05) is 30.3 Å². The van der Waals surface area contributed by atoms with Crippen molar-refractivity contribution in [1.29, 1.82) is 0 Å². The SMILES string of the molecule is CNC[C@@H](NC(=O)OCc1ccccc1)C(=O)OC. The normalized spacial score (nSPS) is 11.5. The summed E-state index contributed by atoms with van der Waals surface area (Å²) in [7, 11) is 2.94. The Balaban J connectivity index is 2.42. The number of amides is 1. The molecule has 0 unspecified atom stereocenters. The first kappa shape index (κ1) is 15.0. The molecule has 1 amide bonds. The standard InChI is InChI=1S/C13H18N2O4/c1-14-8-11(12(16)18-2)15-13(17)19-9-10-6-4-3-5-7-10/h3-7,11,14H,8-9H2,1-2H3,(H,15,17)/t11-/m1/s1. The van der Waals surface area contributed by atoms with Crippen LogP contribution in [0, 0.1) is 0 Å². The lowest BCUT2D eigenvalue weighted by Crippen LogP contribution is -2.47. The smallest absolute Gasteiger partial charge is 0.408 e. The minimum atomic E-state index is -0.765. The molecule has 104 valence electrons. The Hall–Kier alpha value is -2.08. The highest BCUT2D eigenvalue weighted by Gasteiger charge is 2.21. The molecule has 0 bridgehead atoms. The van der Waals surface area contributed by atoms with Crippen molar-refractivity contribution in [2.75, 3.05) is 20.7 Å². The molecule has 6 nitrogen and oxygen atoms in total. The Morgan fingerprint density at radius 2 is 1.95 bits per heavy atom. The van der Waals surface area contributed by atoms with Crippen LogP contribution in [-0.4, -0.2) is 38.8 Å². The molecule has 1 rings (SSSR count). The van der Waals surface area contributed by atoms with Gasteiger partial charge in [-0.15, -0.1) is 0 Å². The number of benzene rings is 1. The fourth-order valence-electron chi connectivity index (χ4n) is 1.45. The van der Waals surface area contributed by atoms with Crippen LogP contribution in [0.5, 0.6) is 0 Å². The third-order valence-corrected chi connectivity index (χ3v) is 2.40. The lowest BCUT2D eigenvalue weighted by Gasteiger charge is -2.15. The van der Waals surface area contributed by atoms with E-state index >= 15 is 0 Å². The highest BCUT2D eigenvalue weighted by atomic mass is 16.6. The van der Waals surface area contributed by atoms with E-state index in [0.717, 1.165) is 5.56 Å². The number of likely N-dealkylation sites (N-methyl/N-ethyl adjacent to an activating group) is 1. The Morgan fingerprint density at radius 3 is 2.53 bits per heavy atom. The van der Waals surface area contributed by atoms with Gasteiger partial charge >= 0.3 is 12.1 Å². The molecule has 1 aromatic rings. The van der Waals surface area contributed by atoms with Crippen molar-refractivity contribution in [2.45, 2.75) is 12.6 Å². The number of nitrogens with one attached hydrogen (secondary N) is 2. The molecule has 0 fully saturated rings. The summed E-state index contributed by atoms with van der Waals surface area (Å²) in [4.78, 5) is 22.9. The molecule has 0 aliphatic carbocycles. The maximum absolute atomic E-state index is 11.6. The molecule has 0 spiro atoms. The molecule has 0 aliphatic heterocycles. The molecule has 2 N–H and O–H groups in total. The van der Waals surface area contributed by atoms with Gasteiger partial charge in [0, 0.05) is 6.54 Å². The second-order valence-corrected chi connectivity index (χ2v) is 3.84. The first-order chi connectivity index (χ1) is 9.17. The molecule has 0 heterocycles. The van der Waals surface area contributed by atoms with E-state index in [9.17, 15) is 9.59 Å². The molecule has 6 heteroatoms. The topological polar surface area (TPSA) is 76.7 Å².